The summed E-state index contributed by atoms with van der Waals surface area (Å²) in [6.07, 6.45) is 1.70. The average molecular weight is 416 g/mol. The average Bonchev–Trinajstić information content (AvgIpc) is 3.16. The summed E-state index contributed by atoms with van der Waals surface area (Å²) in [5.74, 6) is 1.68. The van der Waals surface area contributed by atoms with Gasteiger partial charge >= 0.3 is 0 Å². The number of rotatable bonds is 6. The lowest BCUT2D eigenvalue weighted by molar-refractivity contribution is -0.384. The summed E-state index contributed by atoms with van der Waals surface area (Å²) < 4.78 is 7.17. The zero-order valence-corrected chi connectivity index (χ0v) is 17.2. The maximum atomic E-state index is 11.0. The fourth-order valence-corrected chi connectivity index (χ4v) is 3.27. The number of aryl methyl sites for hydroxylation is 2. The Morgan fingerprint density at radius 2 is 1.65 bits per heavy atom. The third-order valence-corrected chi connectivity index (χ3v) is 4.67. The molecule has 0 saturated carbocycles. The Morgan fingerprint density at radius 3 is 2.23 bits per heavy atom. The Balaban J connectivity index is 1.82. The highest BCUT2D eigenvalue weighted by Crippen LogP contribution is 2.30. The molecule has 0 fully saturated rings. The van der Waals surface area contributed by atoms with Gasteiger partial charge in [-0.25, -0.2) is 15.0 Å². The molecule has 0 amide bonds. The zero-order valence-electron chi connectivity index (χ0n) is 17.2. The van der Waals surface area contributed by atoms with Crippen LogP contribution in [-0.2, 0) is 0 Å². The fourth-order valence-electron chi connectivity index (χ4n) is 3.27. The molecule has 1 N–H and O–H groups in total. The number of anilines is 2. The number of methoxy groups -OCH3 is 1. The molecule has 156 valence electrons. The van der Waals surface area contributed by atoms with Crippen LogP contribution in [0, 0.1) is 24.0 Å². The normalized spacial score (nSPS) is 10.7. The number of benzene rings is 2. The number of ether oxygens (including phenoxy) is 1. The van der Waals surface area contributed by atoms with Crippen molar-refractivity contribution in [2.45, 2.75) is 13.8 Å². The number of nitrogens with zero attached hydrogens (tertiary/aromatic N) is 5. The summed E-state index contributed by atoms with van der Waals surface area (Å²) in [4.78, 5) is 24.0. The van der Waals surface area contributed by atoms with Crippen LogP contribution in [-0.4, -0.2) is 31.6 Å². The van der Waals surface area contributed by atoms with E-state index in [4.69, 9.17) is 4.74 Å². The molecule has 2 heterocycles. The van der Waals surface area contributed by atoms with Gasteiger partial charge in [-0.3, -0.25) is 20.0 Å². The topological polar surface area (TPSA) is 108 Å². The van der Waals surface area contributed by atoms with Crippen LogP contribution >= 0.6 is 0 Å². The Hall–Kier alpha value is -4.27. The van der Waals surface area contributed by atoms with Crippen LogP contribution in [0.15, 0.2) is 60.8 Å². The molecule has 0 aliphatic heterocycles. The molecule has 9 nitrogen and oxygen atoms in total. The highest BCUT2D eigenvalue weighted by molar-refractivity contribution is 5.68. The van der Waals surface area contributed by atoms with Crippen LogP contribution < -0.4 is 10.1 Å². The van der Waals surface area contributed by atoms with Gasteiger partial charge in [-0.15, -0.1) is 0 Å². The minimum Gasteiger partial charge on any atom is -0.497 e. The number of aromatic nitrogens is 4. The van der Waals surface area contributed by atoms with E-state index in [-0.39, 0.29) is 5.69 Å². The van der Waals surface area contributed by atoms with Gasteiger partial charge in [0.05, 0.1) is 23.9 Å². The SMILES string of the molecule is COc1ccc(-n2c(-c3ccc([N+](=O)[O-])cc3)cnc2Nc2nc(C)cc(C)n2)cc1. The molecule has 31 heavy (non-hydrogen) atoms. The van der Waals surface area contributed by atoms with Crippen molar-refractivity contribution in [1.29, 1.82) is 0 Å². The molecule has 2 aromatic heterocycles. The fraction of sp³-hybridized carbons (Fsp3) is 0.136. The van der Waals surface area contributed by atoms with E-state index in [1.54, 1.807) is 25.4 Å². The van der Waals surface area contributed by atoms with Crippen molar-refractivity contribution in [1.82, 2.24) is 19.5 Å². The van der Waals surface area contributed by atoms with Gasteiger partial charge < -0.3 is 4.74 Å². The molecule has 0 aliphatic carbocycles. The van der Waals surface area contributed by atoms with Gasteiger partial charge in [-0.1, -0.05) is 0 Å². The summed E-state index contributed by atoms with van der Waals surface area (Å²) in [5, 5.41) is 14.2. The van der Waals surface area contributed by atoms with Crippen molar-refractivity contribution in [2.75, 3.05) is 12.4 Å². The molecule has 0 aliphatic rings. The quantitative estimate of drug-likeness (QED) is 0.361. The van der Waals surface area contributed by atoms with Gasteiger partial charge in [0.2, 0.25) is 11.9 Å². The second-order valence-electron chi connectivity index (χ2n) is 6.90. The number of hydrogen-bond donors (Lipinski definition) is 1. The smallest absolute Gasteiger partial charge is 0.269 e. The molecule has 4 rings (SSSR count). The van der Waals surface area contributed by atoms with Crippen LogP contribution in [0.2, 0.25) is 0 Å². The van der Waals surface area contributed by atoms with Crippen molar-refractivity contribution < 1.29 is 9.66 Å². The number of non-ortho nitro benzene ring substituents is 1. The third-order valence-electron chi connectivity index (χ3n) is 4.67. The Kier molecular flexibility index (Phi) is 5.31. The van der Waals surface area contributed by atoms with Crippen molar-refractivity contribution in [3.8, 4) is 22.7 Å². The van der Waals surface area contributed by atoms with Crippen LogP contribution in [0.5, 0.6) is 5.75 Å². The van der Waals surface area contributed by atoms with E-state index in [9.17, 15) is 10.1 Å². The predicted molar refractivity (Wildman–Crippen MR) is 117 cm³/mol. The number of nitro groups is 1. The molecule has 2 aromatic carbocycles. The highest BCUT2D eigenvalue weighted by Gasteiger charge is 2.16. The Labute approximate surface area is 178 Å². The molecule has 0 radical (unpaired) electrons. The molecule has 9 heteroatoms. The van der Waals surface area contributed by atoms with Gasteiger partial charge in [-0.05, 0) is 56.3 Å². The van der Waals surface area contributed by atoms with Crippen molar-refractivity contribution in [3.05, 3.63) is 82.3 Å². The minimum absolute atomic E-state index is 0.0289. The molecule has 0 bridgehead atoms. The third kappa shape index (κ3) is 4.20. The number of nitro benzene ring substituents is 1. The minimum atomic E-state index is -0.422. The summed E-state index contributed by atoms with van der Waals surface area (Å²) >= 11 is 0. The monoisotopic (exact) mass is 416 g/mol. The van der Waals surface area contributed by atoms with Crippen LogP contribution in [0.3, 0.4) is 0 Å². The first-order valence-electron chi connectivity index (χ1n) is 9.51. The Morgan fingerprint density at radius 1 is 1.00 bits per heavy atom. The number of nitrogens with one attached hydrogen (secondary N) is 1. The lowest BCUT2D eigenvalue weighted by atomic mass is 10.1. The Bertz CT molecular complexity index is 1210. The molecule has 0 spiro atoms. The van der Waals surface area contributed by atoms with Gasteiger partial charge in [-0.2, -0.15) is 0 Å². The lowest BCUT2D eigenvalue weighted by Gasteiger charge is -2.14. The molecular formula is C22H20N6O3. The van der Waals surface area contributed by atoms with Crippen LogP contribution in [0.4, 0.5) is 17.6 Å². The first-order chi connectivity index (χ1) is 14.9. The molecule has 0 saturated heterocycles. The van der Waals surface area contributed by atoms with Crippen molar-refractivity contribution in [3.63, 3.8) is 0 Å². The number of hydrogen-bond acceptors (Lipinski definition) is 7. The van der Waals surface area contributed by atoms with E-state index in [1.807, 2.05) is 48.7 Å². The maximum absolute atomic E-state index is 11.0. The van der Waals surface area contributed by atoms with Crippen molar-refractivity contribution >= 4 is 17.6 Å². The summed E-state index contributed by atoms with van der Waals surface area (Å²) in [5.41, 5.74) is 4.08. The van der Waals surface area contributed by atoms with Crippen LogP contribution in [0.1, 0.15) is 11.4 Å². The van der Waals surface area contributed by atoms with Crippen molar-refractivity contribution in [2.24, 2.45) is 0 Å². The summed E-state index contributed by atoms with van der Waals surface area (Å²) in [6.45, 7) is 3.80. The first-order valence-corrected chi connectivity index (χ1v) is 9.51. The van der Waals surface area contributed by atoms with Crippen LogP contribution in [0.25, 0.3) is 16.9 Å². The van der Waals surface area contributed by atoms with E-state index < -0.39 is 4.92 Å². The summed E-state index contributed by atoms with van der Waals surface area (Å²) in [7, 11) is 1.61. The lowest BCUT2D eigenvalue weighted by Crippen LogP contribution is -2.07. The summed E-state index contributed by atoms with van der Waals surface area (Å²) in [6, 6.07) is 15.8. The maximum Gasteiger partial charge on any atom is 0.269 e. The van der Waals surface area contributed by atoms with E-state index in [2.05, 4.69) is 20.3 Å². The molecular weight excluding hydrogens is 396 g/mol. The standard InChI is InChI=1S/C22H20N6O3/c1-14-12-15(2)25-21(24-14)26-22-23-13-20(16-4-6-18(7-5-16)28(29)30)27(22)17-8-10-19(31-3)11-9-17/h4-13H,1-3H3,(H,23,24,25,26). The number of imidazole rings is 1. The second kappa shape index (κ2) is 8.23. The largest absolute Gasteiger partial charge is 0.497 e. The van der Waals surface area contributed by atoms with E-state index in [1.165, 1.54) is 12.1 Å². The van der Waals surface area contributed by atoms with Gasteiger partial charge in [0.25, 0.3) is 5.69 Å². The van der Waals surface area contributed by atoms with E-state index in [0.717, 1.165) is 34.1 Å². The molecule has 0 unspecified atom stereocenters. The van der Waals surface area contributed by atoms with Gasteiger partial charge in [0, 0.05) is 34.8 Å². The predicted octanol–water partition coefficient (Wildman–Crippen LogP) is 4.61. The molecule has 4 aromatic rings. The zero-order chi connectivity index (χ0) is 22.0. The van der Waals surface area contributed by atoms with E-state index >= 15 is 0 Å². The van der Waals surface area contributed by atoms with Gasteiger partial charge in [0.1, 0.15) is 5.75 Å². The first kappa shape index (κ1) is 20.0. The second-order valence-corrected chi connectivity index (χ2v) is 6.90. The van der Waals surface area contributed by atoms with E-state index in [0.29, 0.717) is 11.9 Å². The molecule has 0 atom stereocenters. The highest BCUT2D eigenvalue weighted by atomic mass is 16.6. The van der Waals surface area contributed by atoms with Gasteiger partial charge in [0.15, 0.2) is 0 Å².